The quantitative estimate of drug-likeness (QED) is 0.693. The number of rotatable bonds is 7. The van der Waals surface area contributed by atoms with Gasteiger partial charge < -0.3 is 19.5 Å². The van der Waals surface area contributed by atoms with Crippen LogP contribution in [0.15, 0.2) is 18.2 Å². The SMILES string of the molecule is CCOC(=O)c1c(NC(=O)COC(=O)c2cc(C)ccc2OC)sc2c1CCC2. The number of amides is 1. The number of esters is 2. The minimum absolute atomic E-state index is 0.252. The van der Waals surface area contributed by atoms with E-state index in [1.54, 1.807) is 19.1 Å². The van der Waals surface area contributed by atoms with E-state index in [2.05, 4.69) is 5.32 Å². The van der Waals surface area contributed by atoms with Crippen molar-refractivity contribution in [2.24, 2.45) is 0 Å². The maximum atomic E-state index is 12.4. The van der Waals surface area contributed by atoms with Gasteiger partial charge in [-0.2, -0.15) is 0 Å². The lowest BCUT2D eigenvalue weighted by molar-refractivity contribution is -0.119. The number of methoxy groups -OCH3 is 1. The Morgan fingerprint density at radius 1 is 1.14 bits per heavy atom. The molecule has 2 aromatic rings. The fraction of sp³-hybridized carbons (Fsp3) is 0.381. The first-order chi connectivity index (χ1) is 13.9. The van der Waals surface area contributed by atoms with Gasteiger partial charge >= 0.3 is 11.9 Å². The molecule has 1 heterocycles. The van der Waals surface area contributed by atoms with Crippen LogP contribution in [0.25, 0.3) is 0 Å². The van der Waals surface area contributed by atoms with E-state index >= 15 is 0 Å². The van der Waals surface area contributed by atoms with E-state index in [4.69, 9.17) is 14.2 Å². The molecule has 0 fully saturated rings. The van der Waals surface area contributed by atoms with Crippen LogP contribution in [0.5, 0.6) is 5.75 Å². The smallest absolute Gasteiger partial charge is 0.342 e. The van der Waals surface area contributed by atoms with Crippen molar-refractivity contribution in [1.82, 2.24) is 0 Å². The molecule has 3 rings (SSSR count). The first-order valence-electron chi connectivity index (χ1n) is 9.37. The molecule has 29 heavy (non-hydrogen) atoms. The molecule has 0 spiro atoms. The van der Waals surface area contributed by atoms with Gasteiger partial charge in [0.15, 0.2) is 6.61 Å². The van der Waals surface area contributed by atoms with Gasteiger partial charge in [-0.1, -0.05) is 11.6 Å². The summed E-state index contributed by atoms with van der Waals surface area (Å²) in [4.78, 5) is 38.2. The molecule has 0 saturated carbocycles. The lowest BCUT2D eigenvalue weighted by Crippen LogP contribution is -2.22. The van der Waals surface area contributed by atoms with Gasteiger partial charge in [-0.15, -0.1) is 11.3 Å². The van der Waals surface area contributed by atoms with Gasteiger partial charge in [-0.25, -0.2) is 9.59 Å². The number of hydrogen-bond acceptors (Lipinski definition) is 7. The molecule has 154 valence electrons. The molecule has 0 bridgehead atoms. The van der Waals surface area contributed by atoms with E-state index in [-0.39, 0.29) is 12.2 Å². The van der Waals surface area contributed by atoms with Crippen molar-refractivity contribution in [2.75, 3.05) is 25.6 Å². The number of hydrogen-bond donors (Lipinski definition) is 1. The number of ether oxygens (including phenoxy) is 3. The Morgan fingerprint density at radius 2 is 1.93 bits per heavy atom. The summed E-state index contributed by atoms with van der Waals surface area (Å²) in [6.07, 6.45) is 2.65. The second-order valence-electron chi connectivity index (χ2n) is 6.61. The summed E-state index contributed by atoms with van der Waals surface area (Å²) >= 11 is 1.38. The van der Waals surface area contributed by atoms with Gasteiger partial charge in [0.25, 0.3) is 5.91 Å². The number of carbonyl (C=O) groups excluding carboxylic acids is 3. The predicted octanol–water partition coefficient (Wildman–Crippen LogP) is 3.53. The molecule has 0 atom stereocenters. The second kappa shape index (κ2) is 9.09. The molecular formula is C21H23NO6S. The summed E-state index contributed by atoms with van der Waals surface area (Å²) in [6, 6.07) is 5.13. The fourth-order valence-electron chi connectivity index (χ4n) is 3.26. The van der Waals surface area contributed by atoms with Gasteiger partial charge in [0.2, 0.25) is 0 Å². The zero-order chi connectivity index (χ0) is 21.0. The van der Waals surface area contributed by atoms with Crippen LogP contribution >= 0.6 is 11.3 Å². The van der Waals surface area contributed by atoms with Crippen LogP contribution in [0.3, 0.4) is 0 Å². The highest BCUT2D eigenvalue weighted by Crippen LogP contribution is 2.39. The van der Waals surface area contributed by atoms with Crippen LogP contribution < -0.4 is 10.1 Å². The third kappa shape index (κ3) is 4.59. The first kappa shape index (κ1) is 20.9. The van der Waals surface area contributed by atoms with Crippen molar-refractivity contribution in [3.8, 4) is 5.75 Å². The average molecular weight is 417 g/mol. The van der Waals surface area contributed by atoms with Gasteiger partial charge in [-0.3, -0.25) is 4.79 Å². The molecule has 8 heteroatoms. The van der Waals surface area contributed by atoms with Gasteiger partial charge in [-0.05, 0) is 50.8 Å². The molecular weight excluding hydrogens is 394 g/mol. The van der Waals surface area contributed by atoms with Crippen LogP contribution in [-0.2, 0) is 27.1 Å². The Kier molecular flexibility index (Phi) is 6.53. The summed E-state index contributed by atoms with van der Waals surface area (Å²) in [6.45, 7) is 3.37. The predicted molar refractivity (Wildman–Crippen MR) is 109 cm³/mol. The maximum Gasteiger partial charge on any atom is 0.342 e. The Balaban J connectivity index is 1.68. The van der Waals surface area contributed by atoms with Gasteiger partial charge in [0.1, 0.15) is 16.3 Å². The highest BCUT2D eigenvalue weighted by Gasteiger charge is 2.28. The summed E-state index contributed by atoms with van der Waals surface area (Å²) in [5.74, 6) is -1.24. The topological polar surface area (TPSA) is 90.9 Å². The second-order valence-corrected chi connectivity index (χ2v) is 7.72. The summed E-state index contributed by atoms with van der Waals surface area (Å²) < 4.78 is 15.5. The monoisotopic (exact) mass is 417 g/mol. The van der Waals surface area contributed by atoms with Crippen LogP contribution in [0.1, 0.15) is 50.1 Å². The van der Waals surface area contributed by atoms with Gasteiger partial charge in [0.05, 0.1) is 19.3 Å². The number of fused-ring (bicyclic) bond motifs is 1. The third-order valence-corrected chi connectivity index (χ3v) is 5.77. The number of nitrogens with one attached hydrogen (secondary N) is 1. The van der Waals surface area contributed by atoms with E-state index in [0.717, 1.165) is 35.3 Å². The summed E-state index contributed by atoms with van der Waals surface area (Å²) in [5, 5.41) is 3.14. The average Bonchev–Trinajstić information content (AvgIpc) is 3.26. The van der Waals surface area contributed by atoms with Crippen molar-refractivity contribution in [1.29, 1.82) is 0 Å². The first-order valence-corrected chi connectivity index (χ1v) is 10.2. The Hall–Kier alpha value is -2.87. The number of aryl methyl sites for hydroxylation is 2. The van der Waals surface area contributed by atoms with Crippen LogP contribution in [0.2, 0.25) is 0 Å². The van der Waals surface area contributed by atoms with E-state index in [1.165, 1.54) is 18.4 Å². The van der Waals surface area contributed by atoms with Crippen molar-refractivity contribution in [3.05, 3.63) is 45.3 Å². The van der Waals surface area contributed by atoms with Crippen molar-refractivity contribution in [3.63, 3.8) is 0 Å². The molecule has 1 amide bonds. The van der Waals surface area contributed by atoms with E-state index in [0.29, 0.717) is 16.3 Å². The highest BCUT2D eigenvalue weighted by molar-refractivity contribution is 7.17. The molecule has 1 aromatic carbocycles. The van der Waals surface area contributed by atoms with Crippen molar-refractivity contribution in [2.45, 2.75) is 33.1 Å². The lowest BCUT2D eigenvalue weighted by atomic mass is 10.1. The maximum absolute atomic E-state index is 12.4. The normalized spacial score (nSPS) is 12.2. The molecule has 0 unspecified atom stereocenters. The fourth-order valence-corrected chi connectivity index (χ4v) is 4.56. The standard InChI is InChI=1S/C21H23NO6S/c1-4-27-21(25)18-13-6-5-7-16(13)29-19(18)22-17(23)11-28-20(24)14-10-12(2)8-9-15(14)26-3/h8-10H,4-7,11H2,1-3H3,(H,22,23). The molecule has 0 radical (unpaired) electrons. The zero-order valence-electron chi connectivity index (χ0n) is 16.6. The summed E-state index contributed by atoms with van der Waals surface area (Å²) in [5.41, 5.74) is 2.49. The Bertz CT molecular complexity index is 949. The lowest BCUT2D eigenvalue weighted by Gasteiger charge is -2.10. The van der Waals surface area contributed by atoms with Crippen molar-refractivity contribution >= 4 is 34.2 Å². The highest BCUT2D eigenvalue weighted by atomic mass is 32.1. The molecule has 1 N–H and O–H groups in total. The molecule has 0 aliphatic heterocycles. The zero-order valence-corrected chi connectivity index (χ0v) is 17.4. The van der Waals surface area contributed by atoms with Crippen molar-refractivity contribution < 1.29 is 28.6 Å². The van der Waals surface area contributed by atoms with Crippen LogP contribution in [-0.4, -0.2) is 38.2 Å². The van der Waals surface area contributed by atoms with Gasteiger partial charge in [0, 0.05) is 4.88 Å². The largest absolute Gasteiger partial charge is 0.496 e. The minimum Gasteiger partial charge on any atom is -0.496 e. The Labute approximate surface area is 173 Å². The Morgan fingerprint density at radius 3 is 2.66 bits per heavy atom. The van der Waals surface area contributed by atoms with E-state index in [9.17, 15) is 14.4 Å². The molecule has 0 saturated heterocycles. The number of benzene rings is 1. The molecule has 1 aromatic heterocycles. The number of thiophene rings is 1. The van der Waals surface area contributed by atoms with Crippen LogP contribution in [0, 0.1) is 6.92 Å². The molecule has 1 aliphatic rings. The van der Waals surface area contributed by atoms with E-state index in [1.807, 2.05) is 13.0 Å². The molecule has 7 nitrogen and oxygen atoms in total. The number of anilines is 1. The minimum atomic E-state index is -0.653. The molecule has 1 aliphatic carbocycles. The summed E-state index contributed by atoms with van der Waals surface area (Å²) in [7, 11) is 1.46. The van der Waals surface area contributed by atoms with E-state index < -0.39 is 24.5 Å². The third-order valence-electron chi connectivity index (χ3n) is 4.56. The van der Waals surface area contributed by atoms with Crippen LogP contribution in [0.4, 0.5) is 5.00 Å². The number of carbonyl (C=O) groups is 3.